The van der Waals surface area contributed by atoms with Crippen molar-refractivity contribution in [3.8, 4) is 5.75 Å². The van der Waals surface area contributed by atoms with Crippen LogP contribution in [0.3, 0.4) is 0 Å². The number of hydrogen-bond donors (Lipinski definition) is 2. The summed E-state index contributed by atoms with van der Waals surface area (Å²) in [5.74, 6) is 0.333. The zero-order valence-electron chi connectivity index (χ0n) is 11.5. The fraction of sp³-hybridized carbons (Fsp3) is 0.200. The lowest BCUT2D eigenvalue weighted by Crippen LogP contribution is -2.21. The number of hydrogen-bond acceptors (Lipinski definition) is 4. The van der Waals surface area contributed by atoms with Gasteiger partial charge in [0.15, 0.2) is 6.61 Å². The number of nitrogens with one attached hydrogen (secondary N) is 1. The molecule has 1 aromatic carbocycles. The standard InChI is InChI=1S/C15H17N3O2/c1-10-6-7-14(11(2)17-10)18-15(19)9-20-13-5-3-4-12(16)8-13/h3-8H,9,16H2,1-2H3,(H,18,19). The summed E-state index contributed by atoms with van der Waals surface area (Å²) in [5, 5.41) is 2.76. The molecule has 5 nitrogen and oxygen atoms in total. The first-order valence-electron chi connectivity index (χ1n) is 6.27. The third-order valence-corrected chi connectivity index (χ3v) is 2.73. The van der Waals surface area contributed by atoms with E-state index in [0.717, 1.165) is 11.4 Å². The summed E-state index contributed by atoms with van der Waals surface area (Å²) in [6.07, 6.45) is 0. The van der Waals surface area contributed by atoms with Crippen LogP contribution in [0.25, 0.3) is 0 Å². The Morgan fingerprint density at radius 2 is 2.10 bits per heavy atom. The van der Waals surface area contributed by atoms with Crippen LogP contribution in [0.15, 0.2) is 36.4 Å². The largest absolute Gasteiger partial charge is 0.484 e. The van der Waals surface area contributed by atoms with E-state index in [9.17, 15) is 4.79 Å². The Hall–Kier alpha value is -2.56. The Bertz CT molecular complexity index is 626. The summed E-state index contributed by atoms with van der Waals surface area (Å²) >= 11 is 0. The molecule has 0 radical (unpaired) electrons. The quantitative estimate of drug-likeness (QED) is 0.836. The summed E-state index contributed by atoms with van der Waals surface area (Å²) in [6.45, 7) is 3.68. The smallest absolute Gasteiger partial charge is 0.262 e. The summed E-state index contributed by atoms with van der Waals surface area (Å²) < 4.78 is 5.37. The van der Waals surface area contributed by atoms with Crippen LogP contribution in [0, 0.1) is 13.8 Å². The predicted molar refractivity (Wildman–Crippen MR) is 78.7 cm³/mol. The maximum absolute atomic E-state index is 11.8. The number of nitrogen functional groups attached to an aromatic ring is 1. The van der Waals surface area contributed by atoms with Gasteiger partial charge in [0.1, 0.15) is 5.75 Å². The molecule has 0 bridgehead atoms. The van der Waals surface area contributed by atoms with E-state index >= 15 is 0 Å². The molecule has 0 unspecified atom stereocenters. The number of aryl methyl sites for hydroxylation is 2. The number of carbonyl (C=O) groups is 1. The van der Waals surface area contributed by atoms with E-state index in [1.165, 1.54) is 0 Å². The van der Waals surface area contributed by atoms with Gasteiger partial charge in [0, 0.05) is 17.4 Å². The van der Waals surface area contributed by atoms with Crippen LogP contribution in [-0.2, 0) is 4.79 Å². The van der Waals surface area contributed by atoms with Crippen LogP contribution in [0.1, 0.15) is 11.4 Å². The third-order valence-electron chi connectivity index (χ3n) is 2.73. The van der Waals surface area contributed by atoms with E-state index in [0.29, 0.717) is 17.1 Å². The second-order valence-corrected chi connectivity index (χ2v) is 4.49. The molecule has 2 rings (SSSR count). The molecule has 1 amide bonds. The van der Waals surface area contributed by atoms with Crippen molar-refractivity contribution in [1.29, 1.82) is 0 Å². The van der Waals surface area contributed by atoms with Gasteiger partial charge in [-0.25, -0.2) is 0 Å². The minimum atomic E-state index is -0.235. The van der Waals surface area contributed by atoms with Crippen molar-refractivity contribution in [1.82, 2.24) is 4.98 Å². The first-order chi connectivity index (χ1) is 9.54. The van der Waals surface area contributed by atoms with Crippen molar-refractivity contribution in [2.75, 3.05) is 17.7 Å². The molecule has 1 heterocycles. The molecule has 104 valence electrons. The zero-order chi connectivity index (χ0) is 14.5. The van der Waals surface area contributed by atoms with Gasteiger partial charge in [-0.05, 0) is 38.1 Å². The minimum Gasteiger partial charge on any atom is -0.484 e. The average molecular weight is 271 g/mol. The summed E-state index contributed by atoms with van der Waals surface area (Å²) in [5.41, 5.74) is 8.62. The fourth-order valence-corrected chi connectivity index (χ4v) is 1.76. The van der Waals surface area contributed by atoms with Gasteiger partial charge in [-0.3, -0.25) is 9.78 Å². The number of ether oxygens (including phenoxy) is 1. The number of carbonyl (C=O) groups excluding carboxylic acids is 1. The molecular weight excluding hydrogens is 254 g/mol. The molecule has 20 heavy (non-hydrogen) atoms. The van der Waals surface area contributed by atoms with Gasteiger partial charge < -0.3 is 15.8 Å². The van der Waals surface area contributed by atoms with E-state index in [-0.39, 0.29) is 12.5 Å². The number of aromatic nitrogens is 1. The van der Waals surface area contributed by atoms with Crippen molar-refractivity contribution >= 4 is 17.3 Å². The minimum absolute atomic E-state index is 0.0726. The van der Waals surface area contributed by atoms with E-state index in [4.69, 9.17) is 10.5 Å². The highest BCUT2D eigenvalue weighted by Crippen LogP contribution is 2.15. The number of benzene rings is 1. The first-order valence-corrected chi connectivity index (χ1v) is 6.27. The SMILES string of the molecule is Cc1ccc(NC(=O)COc2cccc(N)c2)c(C)n1. The molecule has 0 atom stereocenters. The van der Waals surface area contributed by atoms with E-state index in [2.05, 4.69) is 10.3 Å². The maximum atomic E-state index is 11.8. The number of anilines is 2. The predicted octanol–water partition coefficient (Wildman–Crippen LogP) is 2.30. The molecule has 3 N–H and O–H groups in total. The van der Waals surface area contributed by atoms with Crippen molar-refractivity contribution in [3.05, 3.63) is 47.8 Å². The van der Waals surface area contributed by atoms with Crippen LogP contribution in [0.5, 0.6) is 5.75 Å². The molecule has 0 saturated heterocycles. The Morgan fingerprint density at radius 3 is 2.80 bits per heavy atom. The van der Waals surface area contributed by atoms with Gasteiger partial charge in [-0.1, -0.05) is 6.07 Å². The highest BCUT2D eigenvalue weighted by Gasteiger charge is 2.06. The molecule has 0 aliphatic heterocycles. The number of rotatable bonds is 4. The molecule has 0 spiro atoms. The van der Waals surface area contributed by atoms with Crippen LogP contribution >= 0.6 is 0 Å². The highest BCUT2D eigenvalue weighted by molar-refractivity contribution is 5.92. The Kier molecular flexibility index (Phi) is 4.20. The zero-order valence-corrected chi connectivity index (χ0v) is 11.5. The first kappa shape index (κ1) is 13.9. The number of nitrogens with two attached hydrogens (primary N) is 1. The molecule has 5 heteroatoms. The lowest BCUT2D eigenvalue weighted by atomic mass is 10.2. The number of amides is 1. The van der Waals surface area contributed by atoms with Crippen molar-refractivity contribution in [2.45, 2.75) is 13.8 Å². The van der Waals surface area contributed by atoms with Crippen LogP contribution in [0.2, 0.25) is 0 Å². The maximum Gasteiger partial charge on any atom is 0.262 e. The van der Waals surface area contributed by atoms with Gasteiger partial charge in [-0.2, -0.15) is 0 Å². The molecule has 0 aliphatic rings. The second kappa shape index (κ2) is 6.06. The molecule has 0 fully saturated rings. The Labute approximate surface area is 117 Å². The van der Waals surface area contributed by atoms with Gasteiger partial charge in [0.25, 0.3) is 5.91 Å². The van der Waals surface area contributed by atoms with Crippen LogP contribution in [0.4, 0.5) is 11.4 Å². The Balaban J connectivity index is 1.92. The molecule has 1 aromatic heterocycles. The molecule has 0 aliphatic carbocycles. The lowest BCUT2D eigenvalue weighted by Gasteiger charge is -2.09. The van der Waals surface area contributed by atoms with Crippen molar-refractivity contribution in [3.63, 3.8) is 0 Å². The van der Waals surface area contributed by atoms with Gasteiger partial charge in [0.2, 0.25) is 0 Å². The second-order valence-electron chi connectivity index (χ2n) is 4.49. The summed E-state index contributed by atoms with van der Waals surface area (Å²) in [4.78, 5) is 16.1. The average Bonchev–Trinajstić information content (AvgIpc) is 2.40. The fourth-order valence-electron chi connectivity index (χ4n) is 1.76. The topological polar surface area (TPSA) is 77.2 Å². The number of nitrogens with zero attached hydrogens (tertiary/aromatic N) is 1. The van der Waals surface area contributed by atoms with Crippen LogP contribution < -0.4 is 15.8 Å². The highest BCUT2D eigenvalue weighted by atomic mass is 16.5. The molecule has 2 aromatic rings. The monoisotopic (exact) mass is 271 g/mol. The van der Waals surface area contributed by atoms with E-state index in [1.807, 2.05) is 26.0 Å². The van der Waals surface area contributed by atoms with E-state index < -0.39 is 0 Å². The van der Waals surface area contributed by atoms with Gasteiger partial charge in [-0.15, -0.1) is 0 Å². The lowest BCUT2D eigenvalue weighted by molar-refractivity contribution is -0.118. The summed E-state index contributed by atoms with van der Waals surface area (Å²) in [6, 6.07) is 10.6. The van der Waals surface area contributed by atoms with E-state index in [1.54, 1.807) is 24.3 Å². The van der Waals surface area contributed by atoms with Gasteiger partial charge in [0.05, 0.1) is 11.4 Å². The van der Waals surface area contributed by atoms with Crippen LogP contribution in [-0.4, -0.2) is 17.5 Å². The normalized spacial score (nSPS) is 10.1. The van der Waals surface area contributed by atoms with Crippen molar-refractivity contribution in [2.24, 2.45) is 0 Å². The Morgan fingerprint density at radius 1 is 1.30 bits per heavy atom. The molecular formula is C15H17N3O2. The third kappa shape index (κ3) is 3.71. The van der Waals surface area contributed by atoms with Crippen molar-refractivity contribution < 1.29 is 9.53 Å². The van der Waals surface area contributed by atoms with Gasteiger partial charge >= 0.3 is 0 Å². The number of pyridine rings is 1. The molecule has 0 saturated carbocycles. The summed E-state index contributed by atoms with van der Waals surface area (Å²) in [7, 11) is 0.